The van der Waals surface area contributed by atoms with Crippen LogP contribution in [0, 0.1) is 0 Å². The molecule has 0 aliphatic heterocycles. The summed E-state index contributed by atoms with van der Waals surface area (Å²) in [7, 11) is 0. The maximum atomic E-state index is 10.6. The van der Waals surface area contributed by atoms with Crippen molar-refractivity contribution in [2.45, 2.75) is 0 Å². The molecule has 5 nitrogen and oxygen atoms in total. The van der Waals surface area contributed by atoms with Gasteiger partial charge in [-0.15, -0.1) is 0 Å². The quantitative estimate of drug-likeness (QED) is 0.620. The lowest BCUT2D eigenvalue weighted by Crippen LogP contribution is -1.93. The van der Waals surface area contributed by atoms with E-state index in [-0.39, 0.29) is 0 Å². The number of hydrogen-bond acceptors (Lipinski definition) is 4. The highest BCUT2D eigenvalue weighted by molar-refractivity contribution is 5.77. The summed E-state index contributed by atoms with van der Waals surface area (Å²) in [4.78, 5) is 19.1. The van der Waals surface area contributed by atoms with Crippen LogP contribution in [0.15, 0.2) is 43.0 Å². The summed E-state index contributed by atoms with van der Waals surface area (Å²) in [5.41, 5.74) is 2.85. The molecule has 0 aliphatic rings. The molecule has 0 aromatic carbocycles. The molecule has 0 aliphatic carbocycles. The molecule has 0 unspecified atom stereocenters. The number of carbonyl (C=O) groups is 1. The molecular weight excluding hydrogens is 216 g/mol. The minimum absolute atomic E-state index is 0.494. The Labute approximate surface area is 96.8 Å². The van der Waals surface area contributed by atoms with Crippen molar-refractivity contribution in [2.75, 3.05) is 0 Å². The van der Waals surface area contributed by atoms with Gasteiger partial charge in [-0.1, -0.05) is 6.07 Å². The Hall–Kier alpha value is -2.56. The Morgan fingerprint density at radius 3 is 2.88 bits per heavy atom. The van der Waals surface area contributed by atoms with Gasteiger partial charge in [-0.3, -0.25) is 9.78 Å². The second-order valence-corrected chi connectivity index (χ2v) is 3.55. The van der Waals surface area contributed by atoms with Crippen LogP contribution in [0.2, 0.25) is 0 Å². The summed E-state index contributed by atoms with van der Waals surface area (Å²) < 4.78 is 1.58. The minimum atomic E-state index is 0.494. The fourth-order valence-electron chi connectivity index (χ4n) is 1.65. The van der Waals surface area contributed by atoms with Gasteiger partial charge in [-0.25, -0.2) is 9.50 Å². The Kier molecular flexibility index (Phi) is 2.15. The zero-order valence-corrected chi connectivity index (χ0v) is 8.82. The lowest BCUT2D eigenvalue weighted by molar-refractivity contribution is 0.112. The van der Waals surface area contributed by atoms with Gasteiger partial charge in [0.05, 0.1) is 23.0 Å². The molecule has 82 valence electrons. The lowest BCUT2D eigenvalue weighted by atomic mass is 10.2. The number of aromatic nitrogens is 4. The largest absolute Gasteiger partial charge is 0.298 e. The Morgan fingerprint density at radius 2 is 2.12 bits per heavy atom. The zero-order chi connectivity index (χ0) is 11.7. The van der Waals surface area contributed by atoms with E-state index in [1.807, 2.05) is 18.2 Å². The van der Waals surface area contributed by atoms with E-state index >= 15 is 0 Å². The van der Waals surface area contributed by atoms with E-state index in [1.54, 1.807) is 23.1 Å². The van der Waals surface area contributed by atoms with Crippen LogP contribution in [-0.4, -0.2) is 25.9 Å². The van der Waals surface area contributed by atoms with Crippen molar-refractivity contribution in [3.05, 3.63) is 48.5 Å². The third-order valence-electron chi connectivity index (χ3n) is 2.45. The van der Waals surface area contributed by atoms with Crippen molar-refractivity contribution < 1.29 is 4.79 Å². The molecule has 0 spiro atoms. The molecule has 0 bridgehead atoms. The average Bonchev–Trinajstić information content (AvgIpc) is 2.82. The summed E-state index contributed by atoms with van der Waals surface area (Å²) in [5, 5.41) is 4.16. The van der Waals surface area contributed by atoms with E-state index < -0.39 is 0 Å². The molecule has 0 saturated heterocycles. The minimum Gasteiger partial charge on any atom is -0.298 e. The summed E-state index contributed by atoms with van der Waals surface area (Å²) in [6.07, 6.45) is 7.32. The van der Waals surface area contributed by atoms with Gasteiger partial charge in [0.2, 0.25) is 0 Å². The van der Waals surface area contributed by atoms with Crippen LogP contribution >= 0.6 is 0 Å². The Balaban J connectivity index is 2.22. The van der Waals surface area contributed by atoms with Gasteiger partial charge in [0, 0.05) is 18.6 Å². The Bertz CT molecular complexity index is 675. The molecule has 0 N–H and O–H groups in total. The summed E-state index contributed by atoms with van der Waals surface area (Å²) in [6, 6.07) is 5.66. The number of rotatable bonds is 2. The zero-order valence-electron chi connectivity index (χ0n) is 8.82. The molecule has 0 saturated carbocycles. The molecule has 3 rings (SSSR count). The highest BCUT2D eigenvalue weighted by atomic mass is 16.1. The van der Waals surface area contributed by atoms with E-state index in [1.165, 1.54) is 6.20 Å². The topological polar surface area (TPSA) is 60.2 Å². The molecule has 0 radical (unpaired) electrons. The summed E-state index contributed by atoms with van der Waals surface area (Å²) >= 11 is 0. The van der Waals surface area contributed by atoms with Gasteiger partial charge in [0.15, 0.2) is 11.9 Å². The standard InChI is InChI=1S/C12H8N4O/c17-8-9-5-14-12-10(6-15-16(12)7-9)11-3-1-2-4-13-11/h1-8H. The van der Waals surface area contributed by atoms with E-state index in [0.717, 1.165) is 17.5 Å². The first-order chi connectivity index (χ1) is 8.38. The van der Waals surface area contributed by atoms with Crippen molar-refractivity contribution >= 4 is 11.9 Å². The molecule has 17 heavy (non-hydrogen) atoms. The second kappa shape index (κ2) is 3.79. The fourth-order valence-corrected chi connectivity index (χ4v) is 1.65. The first kappa shape index (κ1) is 9.65. The highest BCUT2D eigenvalue weighted by Crippen LogP contribution is 2.20. The summed E-state index contributed by atoms with van der Waals surface area (Å²) in [5.74, 6) is 0. The normalized spacial score (nSPS) is 10.6. The molecule has 0 amide bonds. The van der Waals surface area contributed by atoms with Gasteiger partial charge < -0.3 is 0 Å². The number of pyridine rings is 1. The van der Waals surface area contributed by atoms with Crippen LogP contribution in [0.4, 0.5) is 0 Å². The third kappa shape index (κ3) is 1.57. The van der Waals surface area contributed by atoms with Crippen molar-refractivity contribution in [3.8, 4) is 11.3 Å². The van der Waals surface area contributed by atoms with Crippen LogP contribution in [0.25, 0.3) is 16.9 Å². The van der Waals surface area contributed by atoms with Gasteiger partial charge in [-0.05, 0) is 12.1 Å². The fraction of sp³-hybridized carbons (Fsp3) is 0. The highest BCUT2D eigenvalue weighted by Gasteiger charge is 2.08. The van der Waals surface area contributed by atoms with Crippen molar-refractivity contribution in [3.63, 3.8) is 0 Å². The molecule has 5 heteroatoms. The summed E-state index contributed by atoms with van der Waals surface area (Å²) in [6.45, 7) is 0. The number of aldehydes is 1. The van der Waals surface area contributed by atoms with Crippen molar-refractivity contribution in [2.24, 2.45) is 0 Å². The molecule has 3 aromatic rings. The smallest absolute Gasteiger partial charge is 0.164 e. The van der Waals surface area contributed by atoms with Gasteiger partial charge in [0.25, 0.3) is 0 Å². The molecule has 3 heterocycles. The van der Waals surface area contributed by atoms with Crippen LogP contribution < -0.4 is 0 Å². The number of hydrogen-bond donors (Lipinski definition) is 0. The van der Waals surface area contributed by atoms with Gasteiger partial charge >= 0.3 is 0 Å². The number of carbonyl (C=O) groups excluding carboxylic acids is 1. The van der Waals surface area contributed by atoms with Crippen LogP contribution in [0.3, 0.4) is 0 Å². The average molecular weight is 224 g/mol. The third-order valence-corrected chi connectivity index (χ3v) is 2.45. The second-order valence-electron chi connectivity index (χ2n) is 3.55. The van der Waals surface area contributed by atoms with Crippen molar-refractivity contribution in [1.29, 1.82) is 0 Å². The predicted octanol–water partition coefficient (Wildman–Crippen LogP) is 1.60. The monoisotopic (exact) mass is 224 g/mol. The van der Waals surface area contributed by atoms with E-state index in [4.69, 9.17) is 0 Å². The van der Waals surface area contributed by atoms with E-state index in [2.05, 4.69) is 15.1 Å². The maximum Gasteiger partial charge on any atom is 0.164 e. The van der Waals surface area contributed by atoms with E-state index in [0.29, 0.717) is 11.2 Å². The maximum absolute atomic E-state index is 10.6. The number of nitrogens with zero attached hydrogens (tertiary/aromatic N) is 4. The molecular formula is C12H8N4O. The van der Waals surface area contributed by atoms with Crippen LogP contribution in [-0.2, 0) is 0 Å². The molecule has 0 atom stereocenters. The number of fused-ring (bicyclic) bond motifs is 1. The predicted molar refractivity (Wildman–Crippen MR) is 61.6 cm³/mol. The first-order valence-electron chi connectivity index (χ1n) is 5.08. The first-order valence-corrected chi connectivity index (χ1v) is 5.08. The lowest BCUT2D eigenvalue weighted by Gasteiger charge is -1.97. The van der Waals surface area contributed by atoms with Gasteiger partial charge in [-0.2, -0.15) is 5.10 Å². The molecule has 0 fully saturated rings. The van der Waals surface area contributed by atoms with Crippen LogP contribution in [0.5, 0.6) is 0 Å². The Morgan fingerprint density at radius 1 is 1.18 bits per heavy atom. The van der Waals surface area contributed by atoms with Crippen molar-refractivity contribution in [1.82, 2.24) is 19.6 Å². The SMILES string of the molecule is O=Cc1cnc2c(-c3ccccn3)cnn2c1. The van der Waals surface area contributed by atoms with Crippen LogP contribution in [0.1, 0.15) is 10.4 Å². The van der Waals surface area contributed by atoms with E-state index in [9.17, 15) is 4.79 Å². The van der Waals surface area contributed by atoms with Gasteiger partial charge in [0.1, 0.15) is 0 Å². The molecule has 3 aromatic heterocycles.